The number of aryl methyl sites for hydroxylation is 3. The molecule has 7 nitrogen and oxygen atoms in total. The highest BCUT2D eigenvalue weighted by atomic mass is 32.2. The Kier molecular flexibility index (Phi) is 5.09. The van der Waals surface area contributed by atoms with Gasteiger partial charge in [0.15, 0.2) is 10.8 Å². The normalized spacial score (nSPS) is 15.2. The SMILES string of the molecule is Cc1ccc(NC(=O)CC2CSc3nc4c(cnn4-c4ccccc4C)c(=O)n32)c(C)c1. The number of nitrogens with zero attached hydrogens (tertiary/aromatic N) is 4. The molecule has 162 valence electrons. The van der Waals surface area contributed by atoms with Gasteiger partial charge >= 0.3 is 0 Å². The third kappa shape index (κ3) is 3.50. The van der Waals surface area contributed by atoms with E-state index in [2.05, 4.69) is 10.4 Å². The van der Waals surface area contributed by atoms with Crippen LogP contribution in [0.25, 0.3) is 16.7 Å². The second kappa shape index (κ2) is 7.94. The van der Waals surface area contributed by atoms with E-state index in [1.165, 1.54) is 11.8 Å². The quantitative estimate of drug-likeness (QED) is 0.477. The van der Waals surface area contributed by atoms with Gasteiger partial charge in [-0.2, -0.15) is 5.10 Å². The summed E-state index contributed by atoms with van der Waals surface area (Å²) in [5.41, 5.74) is 5.30. The predicted octanol–water partition coefficient (Wildman–Crippen LogP) is 4.18. The number of fused-ring (bicyclic) bond motifs is 2. The molecule has 32 heavy (non-hydrogen) atoms. The summed E-state index contributed by atoms with van der Waals surface area (Å²) in [6, 6.07) is 13.5. The first-order valence-electron chi connectivity index (χ1n) is 10.5. The van der Waals surface area contributed by atoms with E-state index >= 15 is 0 Å². The summed E-state index contributed by atoms with van der Waals surface area (Å²) in [4.78, 5) is 30.8. The second-order valence-electron chi connectivity index (χ2n) is 8.19. The van der Waals surface area contributed by atoms with Gasteiger partial charge in [-0.05, 0) is 44.0 Å². The van der Waals surface area contributed by atoms with Gasteiger partial charge in [-0.15, -0.1) is 0 Å². The van der Waals surface area contributed by atoms with Crippen molar-refractivity contribution in [2.45, 2.75) is 38.4 Å². The van der Waals surface area contributed by atoms with Gasteiger partial charge in [0.05, 0.1) is 17.9 Å². The van der Waals surface area contributed by atoms with E-state index in [0.29, 0.717) is 21.9 Å². The van der Waals surface area contributed by atoms with Crippen LogP contribution in [0.5, 0.6) is 0 Å². The Labute approximate surface area is 189 Å². The number of hydrogen-bond donors (Lipinski definition) is 1. The highest BCUT2D eigenvalue weighted by Crippen LogP contribution is 2.34. The topological polar surface area (TPSA) is 81.8 Å². The number of nitrogens with one attached hydrogen (secondary N) is 1. The minimum absolute atomic E-state index is 0.113. The number of carbonyl (C=O) groups excluding carboxylic acids is 1. The molecule has 0 radical (unpaired) electrons. The molecule has 0 bridgehead atoms. The van der Waals surface area contributed by atoms with Crippen LogP contribution in [0.4, 0.5) is 5.69 Å². The van der Waals surface area contributed by atoms with Crippen molar-refractivity contribution in [1.29, 1.82) is 0 Å². The molecular formula is C24H23N5O2S. The van der Waals surface area contributed by atoms with E-state index in [9.17, 15) is 9.59 Å². The molecule has 0 aliphatic carbocycles. The molecule has 1 aliphatic rings. The molecule has 1 unspecified atom stereocenters. The average molecular weight is 446 g/mol. The van der Waals surface area contributed by atoms with Crippen molar-refractivity contribution in [3.8, 4) is 5.69 Å². The number of aromatic nitrogens is 4. The number of thioether (sulfide) groups is 1. The minimum Gasteiger partial charge on any atom is -0.326 e. The smallest absolute Gasteiger partial charge is 0.265 e. The number of rotatable bonds is 4. The number of carbonyl (C=O) groups is 1. The Balaban J connectivity index is 1.45. The van der Waals surface area contributed by atoms with E-state index in [4.69, 9.17) is 4.98 Å². The van der Waals surface area contributed by atoms with Gasteiger partial charge in [0.2, 0.25) is 5.91 Å². The van der Waals surface area contributed by atoms with Crippen LogP contribution < -0.4 is 10.9 Å². The largest absolute Gasteiger partial charge is 0.326 e. The van der Waals surface area contributed by atoms with E-state index in [1.807, 2.05) is 63.2 Å². The average Bonchev–Trinajstić information content (AvgIpc) is 3.36. The van der Waals surface area contributed by atoms with Gasteiger partial charge in [-0.1, -0.05) is 47.7 Å². The molecule has 1 amide bonds. The van der Waals surface area contributed by atoms with Crippen LogP contribution in [-0.4, -0.2) is 31.0 Å². The van der Waals surface area contributed by atoms with Gasteiger partial charge in [0.25, 0.3) is 5.56 Å². The van der Waals surface area contributed by atoms with Gasteiger partial charge in [0, 0.05) is 17.9 Å². The predicted molar refractivity (Wildman–Crippen MR) is 127 cm³/mol. The zero-order chi connectivity index (χ0) is 22.4. The fraction of sp³-hybridized carbons (Fsp3) is 0.250. The monoisotopic (exact) mass is 445 g/mol. The number of hydrogen-bond acceptors (Lipinski definition) is 5. The van der Waals surface area contributed by atoms with E-state index in [-0.39, 0.29) is 23.9 Å². The van der Waals surface area contributed by atoms with Crippen LogP contribution in [0, 0.1) is 20.8 Å². The van der Waals surface area contributed by atoms with Crippen LogP contribution >= 0.6 is 11.8 Å². The van der Waals surface area contributed by atoms with Crippen molar-refractivity contribution in [2.24, 2.45) is 0 Å². The van der Waals surface area contributed by atoms with Gasteiger partial charge in [-0.25, -0.2) is 9.67 Å². The van der Waals surface area contributed by atoms with Gasteiger partial charge in [0.1, 0.15) is 5.39 Å². The standard InChI is InChI=1S/C24H23N5O2S/c1-14-8-9-19(16(3)10-14)26-21(30)11-17-13-32-24-27-22-18(23(31)28(17)24)12-25-29(22)20-7-5-4-6-15(20)2/h4-10,12,17H,11,13H2,1-3H3,(H,26,30). The molecule has 0 fully saturated rings. The summed E-state index contributed by atoms with van der Waals surface area (Å²) in [7, 11) is 0. The molecule has 8 heteroatoms. The third-order valence-corrected chi connectivity index (χ3v) is 6.89. The van der Waals surface area contributed by atoms with Crippen molar-refractivity contribution < 1.29 is 4.79 Å². The zero-order valence-electron chi connectivity index (χ0n) is 18.1. The number of para-hydroxylation sites is 1. The fourth-order valence-electron chi connectivity index (χ4n) is 4.13. The molecule has 2 aromatic heterocycles. The van der Waals surface area contributed by atoms with Crippen LogP contribution in [0.3, 0.4) is 0 Å². The molecule has 1 aliphatic heterocycles. The lowest BCUT2D eigenvalue weighted by Crippen LogP contribution is -2.27. The number of anilines is 1. The first-order chi connectivity index (χ1) is 15.4. The van der Waals surface area contributed by atoms with Crippen molar-refractivity contribution in [1.82, 2.24) is 19.3 Å². The van der Waals surface area contributed by atoms with Crippen molar-refractivity contribution in [3.63, 3.8) is 0 Å². The van der Waals surface area contributed by atoms with Gasteiger partial charge in [-0.3, -0.25) is 14.2 Å². The van der Waals surface area contributed by atoms with Crippen LogP contribution in [0.1, 0.15) is 29.2 Å². The Bertz CT molecular complexity index is 1420. The molecular weight excluding hydrogens is 422 g/mol. The summed E-state index contributed by atoms with van der Waals surface area (Å²) in [5.74, 6) is 0.519. The molecule has 0 saturated carbocycles. The maximum Gasteiger partial charge on any atom is 0.265 e. The molecule has 3 heterocycles. The lowest BCUT2D eigenvalue weighted by Gasteiger charge is -2.14. The van der Waals surface area contributed by atoms with Crippen molar-refractivity contribution in [2.75, 3.05) is 11.1 Å². The van der Waals surface area contributed by atoms with E-state index < -0.39 is 0 Å². The van der Waals surface area contributed by atoms with Gasteiger partial charge < -0.3 is 5.32 Å². The first kappa shape index (κ1) is 20.5. The molecule has 2 aromatic carbocycles. The first-order valence-corrected chi connectivity index (χ1v) is 11.5. The van der Waals surface area contributed by atoms with Crippen LogP contribution in [-0.2, 0) is 4.79 Å². The molecule has 4 aromatic rings. The van der Waals surface area contributed by atoms with Crippen molar-refractivity contribution >= 4 is 34.4 Å². The number of amides is 1. The second-order valence-corrected chi connectivity index (χ2v) is 9.17. The van der Waals surface area contributed by atoms with E-state index in [0.717, 1.165) is 28.1 Å². The summed E-state index contributed by atoms with van der Waals surface area (Å²) in [6.07, 6.45) is 1.78. The number of benzene rings is 2. The van der Waals surface area contributed by atoms with E-state index in [1.54, 1.807) is 15.4 Å². The summed E-state index contributed by atoms with van der Waals surface area (Å²) in [6.45, 7) is 6.00. The Morgan fingerprint density at radius 1 is 1.16 bits per heavy atom. The minimum atomic E-state index is -0.244. The van der Waals surface area contributed by atoms with Crippen molar-refractivity contribution in [3.05, 3.63) is 75.7 Å². The lowest BCUT2D eigenvalue weighted by molar-refractivity contribution is -0.116. The van der Waals surface area contributed by atoms with Crippen LogP contribution in [0.2, 0.25) is 0 Å². The molecule has 0 saturated heterocycles. The third-order valence-electron chi connectivity index (χ3n) is 5.79. The molecule has 0 spiro atoms. The van der Waals surface area contributed by atoms with Crippen LogP contribution in [0.15, 0.2) is 58.6 Å². The Morgan fingerprint density at radius 2 is 1.97 bits per heavy atom. The Hall–Kier alpha value is -3.39. The highest BCUT2D eigenvalue weighted by molar-refractivity contribution is 7.99. The lowest BCUT2D eigenvalue weighted by atomic mass is 10.1. The highest BCUT2D eigenvalue weighted by Gasteiger charge is 2.29. The molecule has 1 atom stereocenters. The fourth-order valence-corrected chi connectivity index (χ4v) is 5.26. The summed E-state index contributed by atoms with van der Waals surface area (Å²) in [5, 5.41) is 8.51. The summed E-state index contributed by atoms with van der Waals surface area (Å²) < 4.78 is 3.37. The zero-order valence-corrected chi connectivity index (χ0v) is 18.9. The molecule has 5 rings (SSSR count). The molecule has 1 N–H and O–H groups in total. The Morgan fingerprint density at radius 3 is 2.75 bits per heavy atom. The maximum atomic E-state index is 13.3. The summed E-state index contributed by atoms with van der Waals surface area (Å²) >= 11 is 1.50. The maximum absolute atomic E-state index is 13.3.